The van der Waals surface area contributed by atoms with Crippen LogP contribution in [0.3, 0.4) is 0 Å². The number of carbonyl (C=O) groups excluding carboxylic acids is 1. The number of rotatable bonds is 3. The molecule has 0 aromatic carbocycles. The molecule has 0 aliphatic carbocycles. The van der Waals surface area contributed by atoms with E-state index in [2.05, 4.69) is 15.6 Å². The smallest absolute Gasteiger partial charge is 0.317 e. The number of urea groups is 1. The maximum atomic E-state index is 11.3. The number of carbonyl (C=O) groups is 1. The minimum atomic E-state index is -0.143. The van der Waals surface area contributed by atoms with Crippen LogP contribution in [0.5, 0.6) is 0 Å². The summed E-state index contributed by atoms with van der Waals surface area (Å²) in [6.07, 6.45) is 1.80. The van der Waals surface area contributed by atoms with E-state index in [-0.39, 0.29) is 6.03 Å². The van der Waals surface area contributed by atoms with Gasteiger partial charge in [0.1, 0.15) is 5.69 Å². The van der Waals surface area contributed by atoms with Gasteiger partial charge in [-0.1, -0.05) is 5.21 Å². The van der Waals surface area contributed by atoms with Crippen molar-refractivity contribution in [2.24, 2.45) is 0 Å². The first-order valence-corrected chi connectivity index (χ1v) is 6.00. The number of nitrogens with zero attached hydrogens (tertiary/aromatic N) is 4. The van der Waals surface area contributed by atoms with Crippen LogP contribution in [0.25, 0.3) is 5.69 Å². The van der Waals surface area contributed by atoms with Gasteiger partial charge in [0.15, 0.2) is 0 Å². The third-order valence-electron chi connectivity index (χ3n) is 2.14. The molecular formula is C10H13N5OS. The average Bonchev–Trinajstić information content (AvgIpc) is 2.95. The first kappa shape index (κ1) is 11.6. The maximum absolute atomic E-state index is 11.3. The van der Waals surface area contributed by atoms with Crippen LogP contribution in [0, 0.1) is 0 Å². The van der Waals surface area contributed by atoms with Crippen molar-refractivity contribution in [1.82, 2.24) is 25.2 Å². The zero-order valence-electron chi connectivity index (χ0n) is 9.62. The van der Waals surface area contributed by atoms with Gasteiger partial charge in [-0.3, -0.25) is 0 Å². The van der Waals surface area contributed by atoms with Crippen molar-refractivity contribution in [2.75, 3.05) is 14.1 Å². The monoisotopic (exact) mass is 251 g/mol. The first-order chi connectivity index (χ1) is 8.16. The molecule has 0 unspecified atom stereocenters. The minimum absolute atomic E-state index is 0.143. The SMILES string of the molecule is CN(C)C(=O)NCc1cn(-c2ccsc2)nn1. The van der Waals surface area contributed by atoms with E-state index < -0.39 is 0 Å². The number of amides is 2. The number of hydrogen-bond acceptors (Lipinski definition) is 4. The largest absolute Gasteiger partial charge is 0.332 e. The molecule has 0 fully saturated rings. The van der Waals surface area contributed by atoms with Gasteiger partial charge in [-0.25, -0.2) is 9.48 Å². The first-order valence-electron chi connectivity index (χ1n) is 5.06. The highest BCUT2D eigenvalue weighted by Gasteiger charge is 2.06. The summed E-state index contributed by atoms with van der Waals surface area (Å²) in [7, 11) is 3.38. The van der Waals surface area contributed by atoms with Crippen molar-refractivity contribution in [3.8, 4) is 5.69 Å². The van der Waals surface area contributed by atoms with Gasteiger partial charge in [0.05, 0.1) is 18.4 Å². The third-order valence-corrected chi connectivity index (χ3v) is 2.81. The third kappa shape index (κ3) is 2.82. The number of nitrogens with one attached hydrogen (secondary N) is 1. The summed E-state index contributed by atoms with van der Waals surface area (Å²) in [5, 5.41) is 14.7. The second-order valence-electron chi connectivity index (χ2n) is 3.69. The summed E-state index contributed by atoms with van der Waals surface area (Å²) in [6, 6.07) is 1.82. The van der Waals surface area contributed by atoms with Crippen LogP contribution < -0.4 is 5.32 Å². The molecule has 0 bridgehead atoms. The van der Waals surface area contributed by atoms with Gasteiger partial charge in [-0.05, 0) is 11.4 Å². The molecule has 2 aromatic rings. The second kappa shape index (κ2) is 4.96. The molecular weight excluding hydrogens is 238 g/mol. The molecule has 0 aliphatic rings. The highest BCUT2D eigenvalue weighted by Crippen LogP contribution is 2.10. The Morgan fingerprint density at radius 2 is 2.41 bits per heavy atom. The van der Waals surface area contributed by atoms with E-state index in [0.717, 1.165) is 11.4 Å². The number of aromatic nitrogens is 3. The Morgan fingerprint density at radius 3 is 3.06 bits per heavy atom. The zero-order chi connectivity index (χ0) is 12.3. The molecule has 0 saturated heterocycles. The standard InChI is InChI=1S/C10H13N5OS/c1-14(2)10(16)11-5-8-6-15(13-12-8)9-3-4-17-7-9/h3-4,6-7H,5H2,1-2H3,(H,11,16). The van der Waals surface area contributed by atoms with Crippen molar-refractivity contribution in [1.29, 1.82) is 0 Å². The predicted molar refractivity (Wildman–Crippen MR) is 65.2 cm³/mol. The van der Waals surface area contributed by atoms with Gasteiger partial charge in [-0.2, -0.15) is 11.3 Å². The molecule has 17 heavy (non-hydrogen) atoms. The Bertz CT molecular complexity index is 491. The van der Waals surface area contributed by atoms with Crippen LogP contribution in [-0.4, -0.2) is 40.0 Å². The minimum Gasteiger partial charge on any atom is -0.332 e. The maximum Gasteiger partial charge on any atom is 0.317 e. The van der Waals surface area contributed by atoms with Crippen molar-refractivity contribution in [2.45, 2.75) is 6.54 Å². The van der Waals surface area contributed by atoms with Crippen LogP contribution in [0.2, 0.25) is 0 Å². The molecule has 2 heterocycles. The van der Waals surface area contributed by atoms with E-state index in [9.17, 15) is 4.79 Å². The lowest BCUT2D eigenvalue weighted by Crippen LogP contribution is -2.34. The van der Waals surface area contributed by atoms with Crippen LogP contribution >= 0.6 is 11.3 Å². The van der Waals surface area contributed by atoms with Crippen molar-refractivity contribution in [3.63, 3.8) is 0 Å². The molecule has 1 N–H and O–H groups in total. The van der Waals surface area contributed by atoms with Gasteiger partial charge in [0, 0.05) is 19.5 Å². The molecule has 90 valence electrons. The van der Waals surface area contributed by atoms with Gasteiger partial charge in [0.25, 0.3) is 0 Å². The second-order valence-corrected chi connectivity index (χ2v) is 4.47. The molecule has 2 aromatic heterocycles. The molecule has 0 spiro atoms. The molecule has 0 aliphatic heterocycles. The summed E-state index contributed by atoms with van der Waals surface area (Å²) in [5.41, 5.74) is 1.71. The zero-order valence-corrected chi connectivity index (χ0v) is 10.4. The van der Waals surface area contributed by atoms with Crippen LogP contribution in [0.15, 0.2) is 23.0 Å². The molecule has 6 nitrogen and oxygen atoms in total. The predicted octanol–water partition coefficient (Wildman–Crippen LogP) is 1.10. The summed E-state index contributed by atoms with van der Waals surface area (Å²) in [6.45, 7) is 0.376. The van der Waals surface area contributed by atoms with Crippen LogP contribution in [0.1, 0.15) is 5.69 Å². The van der Waals surface area contributed by atoms with Crippen molar-refractivity contribution >= 4 is 17.4 Å². The van der Waals surface area contributed by atoms with Gasteiger partial charge in [0.2, 0.25) is 0 Å². The summed E-state index contributed by atoms with van der Waals surface area (Å²) in [4.78, 5) is 12.8. The molecule has 7 heteroatoms. The lowest BCUT2D eigenvalue weighted by molar-refractivity contribution is 0.217. The van der Waals surface area contributed by atoms with E-state index >= 15 is 0 Å². The Labute approximate surface area is 103 Å². The van der Waals surface area contributed by atoms with Crippen LogP contribution in [0.4, 0.5) is 4.79 Å². The normalized spacial score (nSPS) is 10.2. The highest BCUT2D eigenvalue weighted by atomic mass is 32.1. The molecule has 2 amide bonds. The van der Waals surface area contributed by atoms with Gasteiger partial charge < -0.3 is 10.2 Å². The lowest BCUT2D eigenvalue weighted by Gasteiger charge is -2.10. The number of hydrogen-bond donors (Lipinski definition) is 1. The number of thiophene rings is 1. The van der Waals surface area contributed by atoms with E-state index in [1.54, 1.807) is 36.3 Å². The van der Waals surface area contributed by atoms with E-state index in [1.807, 2.05) is 16.8 Å². The van der Waals surface area contributed by atoms with Crippen molar-refractivity contribution in [3.05, 3.63) is 28.7 Å². The van der Waals surface area contributed by atoms with Crippen molar-refractivity contribution < 1.29 is 4.79 Å². The molecule has 0 atom stereocenters. The van der Waals surface area contributed by atoms with E-state index in [4.69, 9.17) is 0 Å². The fraction of sp³-hybridized carbons (Fsp3) is 0.300. The fourth-order valence-electron chi connectivity index (χ4n) is 1.22. The quantitative estimate of drug-likeness (QED) is 0.888. The average molecular weight is 251 g/mol. The van der Waals surface area contributed by atoms with E-state index in [1.165, 1.54) is 4.90 Å². The summed E-state index contributed by atoms with van der Waals surface area (Å²) < 4.78 is 1.69. The molecule has 0 radical (unpaired) electrons. The summed E-state index contributed by atoms with van der Waals surface area (Å²) in [5.74, 6) is 0. The topological polar surface area (TPSA) is 63.1 Å². The highest BCUT2D eigenvalue weighted by molar-refractivity contribution is 7.08. The lowest BCUT2D eigenvalue weighted by atomic mass is 10.4. The van der Waals surface area contributed by atoms with Crippen LogP contribution in [-0.2, 0) is 6.54 Å². The molecule has 2 rings (SSSR count). The Kier molecular flexibility index (Phi) is 3.38. The Balaban J connectivity index is 1.97. The Hall–Kier alpha value is -1.89. The Morgan fingerprint density at radius 1 is 1.59 bits per heavy atom. The van der Waals surface area contributed by atoms with Gasteiger partial charge in [-0.15, -0.1) is 5.10 Å². The summed E-state index contributed by atoms with van der Waals surface area (Å²) >= 11 is 1.60. The fourth-order valence-corrected chi connectivity index (χ4v) is 1.84. The van der Waals surface area contributed by atoms with E-state index in [0.29, 0.717) is 6.54 Å². The van der Waals surface area contributed by atoms with Gasteiger partial charge >= 0.3 is 6.03 Å². The molecule has 0 saturated carbocycles.